The Labute approximate surface area is 82.0 Å². The van der Waals surface area contributed by atoms with Crippen molar-refractivity contribution in [1.82, 2.24) is 5.32 Å². The van der Waals surface area contributed by atoms with Crippen molar-refractivity contribution in [1.29, 1.82) is 0 Å². The highest BCUT2D eigenvalue weighted by Crippen LogP contribution is 2.13. The SMILES string of the molecule is CC(C)C(C)NCC1CCCOC1. The summed E-state index contributed by atoms with van der Waals surface area (Å²) in [7, 11) is 0. The minimum absolute atomic E-state index is 0.627. The molecule has 1 rings (SSSR count). The average molecular weight is 185 g/mol. The van der Waals surface area contributed by atoms with E-state index in [9.17, 15) is 0 Å². The zero-order valence-corrected chi connectivity index (χ0v) is 9.18. The van der Waals surface area contributed by atoms with Gasteiger partial charge in [-0.2, -0.15) is 0 Å². The van der Waals surface area contributed by atoms with Crippen molar-refractivity contribution >= 4 is 0 Å². The molecule has 78 valence electrons. The van der Waals surface area contributed by atoms with Crippen LogP contribution in [0.25, 0.3) is 0 Å². The minimum atomic E-state index is 0.627. The Hall–Kier alpha value is -0.0800. The van der Waals surface area contributed by atoms with Crippen molar-refractivity contribution in [3.05, 3.63) is 0 Å². The van der Waals surface area contributed by atoms with Gasteiger partial charge in [-0.15, -0.1) is 0 Å². The van der Waals surface area contributed by atoms with Crippen LogP contribution in [0.1, 0.15) is 33.6 Å². The Kier molecular flexibility index (Phi) is 4.74. The van der Waals surface area contributed by atoms with E-state index in [4.69, 9.17) is 4.74 Å². The van der Waals surface area contributed by atoms with E-state index in [-0.39, 0.29) is 0 Å². The standard InChI is InChI=1S/C11H23NO/c1-9(2)10(3)12-7-11-5-4-6-13-8-11/h9-12H,4-8H2,1-3H3. The molecule has 2 unspecified atom stereocenters. The third-order valence-corrected chi connectivity index (χ3v) is 2.98. The van der Waals surface area contributed by atoms with Crippen LogP contribution in [-0.2, 0) is 4.74 Å². The van der Waals surface area contributed by atoms with Crippen molar-refractivity contribution < 1.29 is 4.74 Å². The molecule has 1 heterocycles. The molecular formula is C11H23NO. The third kappa shape index (κ3) is 4.10. The van der Waals surface area contributed by atoms with Gasteiger partial charge < -0.3 is 10.1 Å². The molecule has 13 heavy (non-hydrogen) atoms. The van der Waals surface area contributed by atoms with Crippen LogP contribution >= 0.6 is 0 Å². The van der Waals surface area contributed by atoms with Gasteiger partial charge in [0, 0.05) is 19.2 Å². The number of hydrogen-bond donors (Lipinski definition) is 1. The molecule has 1 fully saturated rings. The maximum Gasteiger partial charge on any atom is 0.0506 e. The van der Waals surface area contributed by atoms with Crippen LogP contribution in [0.2, 0.25) is 0 Å². The first-order valence-corrected chi connectivity index (χ1v) is 5.51. The van der Waals surface area contributed by atoms with E-state index in [0.717, 1.165) is 31.6 Å². The lowest BCUT2D eigenvalue weighted by Gasteiger charge is -2.25. The lowest BCUT2D eigenvalue weighted by Crippen LogP contribution is -2.37. The lowest BCUT2D eigenvalue weighted by molar-refractivity contribution is 0.0534. The fraction of sp³-hybridized carbons (Fsp3) is 1.00. The molecule has 1 aliphatic rings. The van der Waals surface area contributed by atoms with Crippen LogP contribution in [0.5, 0.6) is 0 Å². The zero-order chi connectivity index (χ0) is 9.68. The van der Waals surface area contributed by atoms with Gasteiger partial charge in [-0.3, -0.25) is 0 Å². The molecule has 1 aliphatic heterocycles. The van der Waals surface area contributed by atoms with E-state index in [1.807, 2.05) is 0 Å². The summed E-state index contributed by atoms with van der Waals surface area (Å²) in [5.74, 6) is 1.47. The van der Waals surface area contributed by atoms with Crippen molar-refractivity contribution in [3.8, 4) is 0 Å². The number of hydrogen-bond acceptors (Lipinski definition) is 2. The molecule has 2 heteroatoms. The van der Waals surface area contributed by atoms with Gasteiger partial charge in [0.1, 0.15) is 0 Å². The molecule has 0 aromatic heterocycles. The van der Waals surface area contributed by atoms with Crippen LogP contribution in [-0.4, -0.2) is 25.8 Å². The second-order valence-corrected chi connectivity index (χ2v) is 4.52. The maximum absolute atomic E-state index is 5.43. The van der Waals surface area contributed by atoms with Gasteiger partial charge in [-0.05, 0) is 31.6 Å². The molecule has 0 amide bonds. The molecule has 0 radical (unpaired) electrons. The van der Waals surface area contributed by atoms with E-state index < -0.39 is 0 Å². The van der Waals surface area contributed by atoms with Gasteiger partial charge in [0.2, 0.25) is 0 Å². The molecule has 2 nitrogen and oxygen atoms in total. The highest BCUT2D eigenvalue weighted by atomic mass is 16.5. The lowest BCUT2D eigenvalue weighted by atomic mass is 10.0. The van der Waals surface area contributed by atoms with Gasteiger partial charge in [0.15, 0.2) is 0 Å². The summed E-state index contributed by atoms with van der Waals surface area (Å²) in [4.78, 5) is 0. The Balaban J connectivity index is 2.10. The Morgan fingerprint density at radius 3 is 2.69 bits per heavy atom. The van der Waals surface area contributed by atoms with Gasteiger partial charge >= 0.3 is 0 Å². The van der Waals surface area contributed by atoms with Crippen molar-refractivity contribution in [3.63, 3.8) is 0 Å². The highest BCUT2D eigenvalue weighted by Gasteiger charge is 2.15. The Morgan fingerprint density at radius 2 is 2.15 bits per heavy atom. The second-order valence-electron chi connectivity index (χ2n) is 4.52. The van der Waals surface area contributed by atoms with Crippen LogP contribution in [0.3, 0.4) is 0 Å². The average Bonchev–Trinajstić information content (AvgIpc) is 2.15. The van der Waals surface area contributed by atoms with Crippen molar-refractivity contribution in [2.75, 3.05) is 19.8 Å². The molecule has 0 aromatic rings. The summed E-state index contributed by atoms with van der Waals surface area (Å²) in [6.07, 6.45) is 2.57. The van der Waals surface area contributed by atoms with Gasteiger partial charge in [-0.1, -0.05) is 13.8 Å². The Bertz CT molecular complexity index is 130. The first-order valence-electron chi connectivity index (χ1n) is 5.51. The number of nitrogens with one attached hydrogen (secondary N) is 1. The van der Waals surface area contributed by atoms with Gasteiger partial charge in [-0.25, -0.2) is 0 Å². The quantitative estimate of drug-likeness (QED) is 0.723. The topological polar surface area (TPSA) is 21.3 Å². The molecule has 1 saturated heterocycles. The van der Waals surface area contributed by atoms with Crippen LogP contribution in [0, 0.1) is 11.8 Å². The van der Waals surface area contributed by atoms with Crippen molar-refractivity contribution in [2.45, 2.75) is 39.7 Å². The minimum Gasteiger partial charge on any atom is -0.381 e. The summed E-state index contributed by atoms with van der Waals surface area (Å²) >= 11 is 0. The fourth-order valence-corrected chi connectivity index (χ4v) is 1.56. The molecule has 2 atom stereocenters. The molecular weight excluding hydrogens is 162 g/mol. The predicted molar refractivity (Wildman–Crippen MR) is 55.8 cm³/mol. The third-order valence-electron chi connectivity index (χ3n) is 2.98. The molecule has 0 aliphatic carbocycles. The van der Waals surface area contributed by atoms with Crippen LogP contribution in [0.15, 0.2) is 0 Å². The van der Waals surface area contributed by atoms with E-state index in [0.29, 0.717) is 6.04 Å². The van der Waals surface area contributed by atoms with Crippen LogP contribution in [0.4, 0.5) is 0 Å². The molecule has 0 spiro atoms. The van der Waals surface area contributed by atoms with Gasteiger partial charge in [0.25, 0.3) is 0 Å². The largest absolute Gasteiger partial charge is 0.381 e. The van der Waals surface area contributed by atoms with E-state index >= 15 is 0 Å². The smallest absolute Gasteiger partial charge is 0.0506 e. The summed E-state index contributed by atoms with van der Waals surface area (Å²) < 4.78 is 5.43. The molecule has 0 aromatic carbocycles. The summed E-state index contributed by atoms with van der Waals surface area (Å²) in [6, 6.07) is 0.627. The van der Waals surface area contributed by atoms with Gasteiger partial charge in [0.05, 0.1) is 6.61 Å². The van der Waals surface area contributed by atoms with E-state index in [1.54, 1.807) is 0 Å². The fourth-order valence-electron chi connectivity index (χ4n) is 1.56. The maximum atomic E-state index is 5.43. The molecule has 0 bridgehead atoms. The predicted octanol–water partition coefficient (Wildman–Crippen LogP) is 2.05. The van der Waals surface area contributed by atoms with E-state index in [2.05, 4.69) is 26.1 Å². The van der Waals surface area contributed by atoms with E-state index in [1.165, 1.54) is 12.8 Å². The molecule has 1 N–H and O–H groups in total. The van der Waals surface area contributed by atoms with Crippen LogP contribution < -0.4 is 5.32 Å². The normalized spacial score (nSPS) is 26.3. The number of ether oxygens (including phenoxy) is 1. The summed E-state index contributed by atoms with van der Waals surface area (Å²) in [5.41, 5.74) is 0. The summed E-state index contributed by atoms with van der Waals surface area (Å²) in [6.45, 7) is 9.83. The second kappa shape index (κ2) is 5.61. The molecule has 0 saturated carbocycles. The first kappa shape index (κ1) is 11.0. The van der Waals surface area contributed by atoms with Crippen molar-refractivity contribution in [2.24, 2.45) is 11.8 Å². The summed E-state index contributed by atoms with van der Waals surface area (Å²) in [5, 5.41) is 3.57. The highest BCUT2D eigenvalue weighted by molar-refractivity contribution is 4.70. The zero-order valence-electron chi connectivity index (χ0n) is 9.18. The Morgan fingerprint density at radius 1 is 1.38 bits per heavy atom. The number of rotatable bonds is 4. The first-order chi connectivity index (χ1) is 6.20. The monoisotopic (exact) mass is 185 g/mol.